The van der Waals surface area contributed by atoms with Gasteiger partial charge in [-0.1, -0.05) is 19.1 Å². The van der Waals surface area contributed by atoms with Crippen LogP contribution in [-0.2, 0) is 6.54 Å². The molecule has 0 aliphatic rings. The van der Waals surface area contributed by atoms with E-state index in [4.69, 9.17) is 10.8 Å². The second kappa shape index (κ2) is 7.04. The van der Waals surface area contributed by atoms with Crippen LogP contribution in [0.2, 0.25) is 0 Å². The first-order valence-electron chi connectivity index (χ1n) is 5.92. The number of benzene rings is 1. The van der Waals surface area contributed by atoms with Crippen LogP contribution >= 0.6 is 0 Å². The van der Waals surface area contributed by atoms with Crippen molar-refractivity contribution >= 4 is 5.97 Å². The van der Waals surface area contributed by atoms with Crippen LogP contribution in [0, 0.1) is 0 Å². The van der Waals surface area contributed by atoms with E-state index in [0.29, 0.717) is 5.56 Å². The summed E-state index contributed by atoms with van der Waals surface area (Å²) in [6.45, 7) is 3.71. The van der Waals surface area contributed by atoms with Gasteiger partial charge in [-0.15, -0.1) is 0 Å². The predicted molar refractivity (Wildman–Crippen MR) is 68.0 cm³/mol. The van der Waals surface area contributed by atoms with E-state index in [1.165, 1.54) is 0 Å². The molecule has 0 bridgehead atoms. The van der Waals surface area contributed by atoms with Gasteiger partial charge in [-0.25, -0.2) is 4.79 Å². The maximum absolute atomic E-state index is 10.7. The molecule has 0 spiro atoms. The molecule has 17 heavy (non-hydrogen) atoms. The molecule has 4 heteroatoms. The molecule has 1 rings (SSSR count). The summed E-state index contributed by atoms with van der Waals surface area (Å²) in [5, 5.41) is 12.0. The molecular weight excluding hydrogens is 216 g/mol. The number of rotatable bonds is 7. The Kier molecular flexibility index (Phi) is 5.66. The van der Waals surface area contributed by atoms with Gasteiger partial charge in [0.1, 0.15) is 0 Å². The molecule has 1 aromatic rings. The Hall–Kier alpha value is -1.39. The number of nitrogens with one attached hydrogen (secondary N) is 1. The second-order valence-corrected chi connectivity index (χ2v) is 4.14. The Morgan fingerprint density at radius 2 is 2.06 bits per heavy atom. The first kappa shape index (κ1) is 13.7. The van der Waals surface area contributed by atoms with Gasteiger partial charge in [0.05, 0.1) is 5.56 Å². The summed E-state index contributed by atoms with van der Waals surface area (Å²) < 4.78 is 0. The van der Waals surface area contributed by atoms with Crippen molar-refractivity contribution in [3.63, 3.8) is 0 Å². The van der Waals surface area contributed by atoms with Gasteiger partial charge in [0.15, 0.2) is 0 Å². The average Bonchev–Trinajstić information content (AvgIpc) is 2.34. The average molecular weight is 236 g/mol. The number of nitrogens with two attached hydrogens (primary N) is 1. The molecule has 0 aliphatic carbocycles. The van der Waals surface area contributed by atoms with Crippen LogP contribution < -0.4 is 11.1 Å². The van der Waals surface area contributed by atoms with Crippen molar-refractivity contribution in [2.45, 2.75) is 32.4 Å². The second-order valence-electron chi connectivity index (χ2n) is 4.14. The van der Waals surface area contributed by atoms with Gasteiger partial charge in [0.25, 0.3) is 0 Å². The maximum atomic E-state index is 10.7. The number of hydrogen-bond acceptors (Lipinski definition) is 3. The van der Waals surface area contributed by atoms with Crippen LogP contribution in [0.4, 0.5) is 0 Å². The van der Waals surface area contributed by atoms with Crippen molar-refractivity contribution in [2.24, 2.45) is 5.73 Å². The zero-order valence-corrected chi connectivity index (χ0v) is 10.1. The summed E-state index contributed by atoms with van der Waals surface area (Å²) in [6.07, 6.45) is 1.96. The number of carboxylic acid groups (broad SMARTS) is 1. The van der Waals surface area contributed by atoms with Crippen molar-refractivity contribution < 1.29 is 9.90 Å². The highest BCUT2D eigenvalue weighted by Gasteiger charge is 2.02. The normalized spacial score (nSPS) is 12.4. The lowest BCUT2D eigenvalue weighted by Crippen LogP contribution is -2.25. The van der Waals surface area contributed by atoms with Crippen molar-refractivity contribution in [3.8, 4) is 0 Å². The van der Waals surface area contributed by atoms with Crippen LogP contribution in [0.3, 0.4) is 0 Å². The molecule has 0 heterocycles. The molecule has 1 unspecified atom stereocenters. The molecule has 94 valence electrons. The Morgan fingerprint density at radius 3 is 2.59 bits per heavy atom. The van der Waals surface area contributed by atoms with Crippen molar-refractivity contribution in [1.82, 2.24) is 5.32 Å². The fourth-order valence-corrected chi connectivity index (χ4v) is 1.49. The van der Waals surface area contributed by atoms with Crippen LogP contribution in [0.5, 0.6) is 0 Å². The number of carboxylic acids is 1. The molecule has 0 radical (unpaired) electrons. The van der Waals surface area contributed by atoms with Gasteiger partial charge in [-0.3, -0.25) is 0 Å². The third-order valence-electron chi connectivity index (χ3n) is 2.75. The fourth-order valence-electron chi connectivity index (χ4n) is 1.49. The lowest BCUT2D eigenvalue weighted by Gasteiger charge is -2.09. The van der Waals surface area contributed by atoms with E-state index in [9.17, 15) is 4.79 Å². The lowest BCUT2D eigenvalue weighted by molar-refractivity contribution is 0.0697. The first-order chi connectivity index (χ1) is 8.13. The summed E-state index contributed by atoms with van der Waals surface area (Å²) in [4.78, 5) is 10.7. The quantitative estimate of drug-likeness (QED) is 0.629. The summed E-state index contributed by atoms with van der Waals surface area (Å²) in [6, 6.07) is 7.16. The van der Waals surface area contributed by atoms with Gasteiger partial charge in [-0.05, 0) is 37.1 Å². The third kappa shape index (κ3) is 4.97. The minimum absolute atomic E-state index is 0.261. The monoisotopic (exact) mass is 236 g/mol. The molecule has 0 amide bonds. The highest BCUT2D eigenvalue weighted by Crippen LogP contribution is 2.04. The van der Waals surface area contributed by atoms with Gasteiger partial charge >= 0.3 is 5.97 Å². The van der Waals surface area contributed by atoms with E-state index >= 15 is 0 Å². The SMILES string of the molecule is CCC(N)CCNCc1ccc(C(=O)O)cc1. The van der Waals surface area contributed by atoms with Crippen LogP contribution in [0.15, 0.2) is 24.3 Å². The highest BCUT2D eigenvalue weighted by molar-refractivity contribution is 5.87. The topological polar surface area (TPSA) is 75.3 Å². The Morgan fingerprint density at radius 1 is 1.41 bits per heavy atom. The molecule has 0 aliphatic heterocycles. The standard InChI is InChI=1S/C13H20N2O2/c1-2-12(14)7-8-15-9-10-3-5-11(6-4-10)13(16)17/h3-6,12,15H,2,7-9,14H2,1H3,(H,16,17). The third-order valence-corrected chi connectivity index (χ3v) is 2.75. The molecular formula is C13H20N2O2. The van der Waals surface area contributed by atoms with E-state index in [0.717, 1.165) is 31.5 Å². The zero-order valence-electron chi connectivity index (χ0n) is 10.1. The predicted octanol–water partition coefficient (Wildman–Crippen LogP) is 1.60. The van der Waals surface area contributed by atoms with Gasteiger partial charge in [0.2, 0.25) is 0 Å². The van der Waals surface area contributed by atoms with Crippen molar-refractivity contribution in [2.75, 3.05) is 6.54 Å². The fraction of sp³-hybridized carbons (Fsp3) is 0.462. The van der Waals surface area contributed by atoms with Gasteiger partial charge in [-0.2, -0.15) is 0 Å². The molecule has 4 N–H and O–H groups in total. The molecule has 0 saturated heterocycles. The number of aromatic carboxylic acids is 1. The van der Waals surface area contributed by atoms with E-state index in [1.807, 2.05) is 12.1 Å². The van der Waals surface area contributed by atoms with Crippen LogP contribution in [-0.4, -0.2) is 23.7 Å². The van der Waals surface area contributed by atoms with E-state index in [-0.39, 0.29) is 6.04 Å². The lowest BCUT2D eigenvalue weighted by atomic mass is 10.1. The molecule has 0 fully saturated rings. The molecule has 0 saturated carbocycles. The summed E-state index contributed by atoms with van der Waals surface area (Å²) in [5.41, 5.74) is 7.20. The number of carbonyl (C=O) groups is 1. The number of hydrogen-bond donors (Lipinski definition) is 3. The molecule has 1 atom stereocenters. The minimum Gasteiger partial charge on any atom is -0.478 e. The molecule has 0 aromatic heterocycles. The summed E-state index contributed by atoms with van der Waals surface area (Å²) in [5.74, 6) is -0.890. The van der Waals surface area contributed by atoms with E-state index in [2.05, 4.69) is 12.2 Å². The first-order valence-corrected chi connectivity index (χ1v) is 5.92. The summed E-state index contributed by atoms with van der Waals surface area (Å²) >= 11 is 0. The Labute approximate surface area is 102 Å². The van der Waals surface area contributed by atoms with Gasteiger partial charge in [0, 0.05) is 12.6 Å². The molecule has 4 nitrogen and oxygen atoms in total. The Bertz CT molecular complexity index is 349. The van der Waals surface area contributed by atoms with Crippen LogP contribution in [0.1, 0.15) is 35.7 Å². The van der Waals surface area contributed by atoms with Crippen molar-refractivity contribution in [1.29, 1.82) is 0 Å². The van der Waals surface area contributed by atoms with E-state index < -0.39 is 5.97 Å². The Balaban J connectivity index is 2.30. The minimum atomic E-state index is -0.890. The highest BCUT2D eigenvalue weighted by atomic mass is 16.4. The molecule has 1 aromatic carbocycles. The zero-order chi connectivity index (χ0) is 12.7. The van der Waals surface area contributed by atoms with E-state index in [1.54, 1.807) is 12.1 Å². The maximum Gasteiger partial charge on any atom is 0.335 e. The van der Waals surface area contributed by atoms with Gasteiger partial charge < -0.3 is 16.2 Å². The summed E-state index contributed by atoms with van der Waals surface area (Å²) in [7, 11) is 0. The smallest absolute Gasteiger partial charge is 0.335 e. The van der Waals surface area contributed by atoms with Crippen LogP contribution in [0.25, 0.3) is 0 Å². The largest absolute Gasteiger partial charge is 0.478 e. The van der Waals surface area contributed by atoms with Crippen molar-refractivity contribution in [3.05, 3.63) is 35.4 Å².